The summed E-state index contributed by atoms with van der Waals surface area (Å²) in [7, 11) is 0. The monoisotopic (exact) mass is 422 g/mol. The number of nitrogen functional groups attached to an aromatic ring is 1. The number of amides is 2. The topological polar surface area (TPSA) is 127 Å². The van der Waals surface area contributed by atoms with Gasteiger partial charge in [0.1, 0.15) is 29.0 Å². The van der Waals surface area contributed by atoms with Crippen LogP contribution in [0.2, 0.25) is 0 Å². The van der Waals surface area contributed by atoms with E-state index < -0.39 is 6.03 Å². The van der Waals surface area contributed by atoms with E-state index >= 15 is 0 Å². The first-order valence-electron chi connectivity index (χ1n) is 9.46. The van der Waals surface area contributed by atoms with Crippen LogP contribution in [0.3, 0.4) is 0 Å². The Labute approximate surface area is 177 Å². The fraction of sp³-hybridized carbons (Fsp3) is 0.190. The number of halogens is 1. The molecule has 3 aromatic rings. The second-order valence-corrected chi connectivity index (χ2v) is 6.81. The number of benzene rings is 2. The van der Waals surface area contributed by atoms with Crippen LogP contribution in [0.15, 0.2) is 42.6 Å². The van der Waals surface area contributed by atoms with Gasteiger partial charge in [-0.25, -0.2) is 13.9 Å². The van der Waals surface area contributed by atoms with Crippen LogP contribution in [0.1, 0.15) is 16.7 Å². The predicted octanol–water partition coefficient (Wildman–Crippen LogP) is 2.70. The summed E-state index contributed by atoms with van der Waals surface area (Å²) in [4.78, 5) is 12.2. The third-order valence-corrected chi connectivity index (χ3v) is 4.73. The Kier molecular flexibility index (Phi) is 5.68. The molecule has 4 rings (SSSR count). The molecular formula is C21H19FN6O3. The van der Waals surface area contributed by atoms with E-state index in [1.165, 1.54) is 23.0 Å². The molecule has 0 fully saturated rings. The van der Waals surface area contributed by atoms with Gasteiger partial charge in [-0.1, -0.05) is 0 Å². The van der Waals surface area contributed by atoms with Gasteiger partial charge < -0.3 is 25.8 Å². The molecule has 9 nitrogen and oxygen atoms in total. The maximum atomic E-state index is 13.8. The third kappa shape index (κ3) is 4.41. The van der Waals surface area contributed by atoms with E-state index in [1.807, 2.05) is 6.07 Å². The number of urea groups is 1. The smallest absolute Gasteiger partial charge is 0.319 e. The second kappa shape index (κ2) is 8.73. The van der Waals surface area contributed by atoms with E-state index in [9.17, 15) is 9.18 Å². The highest BCUT2D eigenvalue weighted by Gasteiger charge is 2.17. The Morgan fingerprint density at radius 1 is 1.32 bits per heavy atom. The Morgan fingerprint density at radius 2 is 2.13 bits per heavy atom. The average molecular weight is 422 g/mol. The molecule has 2 aromatic carbocycles. The minimum atomic E-state index is -0.396. The van der Waals surface area contributed by atoms with Gasteiger partial charge in [-0.2, -0.15) is 10.4 Å². The van der Waals surface area contributed by atoms with Gasteiger partial charge in [0.25, 0.3) is 0 Å². The van der Waals surface area contributed by atoms with Crippen molar-refractivity contribution in [2.24, 2.45) is 0 Å². The lowest BCUT2D eigenvalue weighted by Crippen LogP contribution is -2.30. The summed E-state index contributed by atoms with van der Waals surface area (Å²) in [6.07, 6.45) is 1.80. The molecule has 0 aliphatic carbocycles. The zero-order valence-electron chi connectivity index (χ0n) is 16.4. The minimum Gasteiger partial charge on any atom is -0.467 e. The summed E-state index contributed by atoms with van der Waals surface area (Å²) in [6.45, 7) is 0.717. The summed E-state index contributed by atoms with van der Waals surface area (Å²) in [5, 5.41) is 18.5. The van der Waals surface area contributed by atoms with Crippen LogP contribution in [0, 0.1) is 17.1 Å². The molecule has 31 heavy (non-hydrogen) atoms. The Morgan fingerprint density at radius 3 is 2.87 bits per heavy atom. The van der Waals surface area contributed by atoms with Crippen LogP contribution in [0.25, 0.3) is 5.69 Å². The van der Waals surface area contributed by atoms with Crippen molar-refractivity contribution >= 4 is 17.5 Å². The number of fused-ring (bicyclic) bond motifs is 1. The molecule has 2 amide bonds. The Hall–Kier alpha value is -4.10. The number of rotatable bonds is 5. The van der Waals surface area contributed by atoms with Crippen molar-refractivity contribution in [1.82, 2.24) is 15.1 Å². The molecule has 1 aliphatic heterocycles. The van der Waals surface area contributed by atoms with Crippen molar-refractivity contribution in [2.75, 3.05) is 24.4 Å². The standard InChI is InChI=1S/C21H19FN6O3/c22-16-7-13(19-14(8-16)11-30-12-31-19)5-6-25-21(29)27-17-1-3-18(4-2-17)28-20(24)15(9-23)10-26-28/h1-4,7-8,10H,5-6,11-12,24H2,(H2,25,27,29). The molecule has 0 saturated heterocycles. The van der Waals surface area contributed by atoms with Gasteiger partial charge in [0, 0.05) is 17.8 Å². The van der Waals surface area contributed by atoms with Gasteiger partial charge in [0.05, 0.1) is 18.5 Å². The lowest BCUT2D eigenvalue weighted by Gasteiger charge is -2.21. The van der Waals surface area contributed by atoms with Gasteiger partial charge in [-0.05, 0) is 48.4 Å². The average Bonchev–Trinajstić information content (AvgIpc) is 3.14. The van der Waals surface area contributed by atoms with Crippen LogP contribution in [0.4, 0.5) is 20.7 Å². The van der Waals surface area contributed by atoms with Crippen LogP contribution < -0.4 is 21.1 Å². The molecule has 0 atom stereocenters. The van der Waals surface area contributed by atoms with Crippen molar-refractivity contribution in [3.63, 3.8) is 0 Å². The molecular weight excluding hydrogens is 403 g/mol. The lowest BCUT2D eigenvalue weighted by atomic mass is 10.1. The Bertz CT molecular complexity index is 1150. The highest BCUT2D eigenvalue weighted by Crippen LogP contribution is 2.29. The lowest BCUT2D eigenvalue weighted by molar-refractivity contribution is -0.0172. The normalized spacial score (nSPS) is 12.4. The number of carbonyl (C=O) groups excluding carboxylic acids is 1. The molecule has 0 bridgehead atoms. The molecule has 0 unspecified atom stereocenters. The summed E-state index contributed by atoms with van der Waals surface area (Å²) in [5.74, 6) is 0.492. The molecule has 2 heterocycles. The number of hydrogen-bond donors (Lipinski definition) is 3. The van der Waals surface area contributed by atoms with E-state index in [2.05, 4.69) is 15.7 Å². The first kappa shape index (κ1) is 20.2. The van der Waals surface area contributed by atoms with Gasteiger partial charge >= 0.3 is 6.03 Å². The molecule has 1 aliphatic rings. The number of nitriles is 1. The SMILES string of the molecule is N#Cc1cnn(-c2ccc(NC(=O)NCCc3cc(F)cc4c3OCOC4)cc2)c1N. The van der Waals surface area contributed by atoms with E-state index in [0.717, 1.165) is 0 Å². The maximum absolute atomic E-state index is 13.8. The largest absolute Gasteiger partial charge is 0.467 e. The first-order valence-corrected chi connectivity index (χ1v) is 9.46. The van der Waals surface area contributed by atoms with Gasteiger partial charge in [-0.3, -0.25) is 0 Å². The highest BCUT2D eigenvalue weighted by atomic mass is 19.1. The zero-order chi connectivity index (χ0) is 21.8. The number of ether oxygens (including phenoxy) is 2. The van der Waals surface area contributed by atoms with Gasteiger partial charge in [0.15, 0.2) is 6.79 Å². The van der Waals surface area contributed by atoms with Crippen molar-refractivity contribution in [3.05, 3.63) is 65.1 Å². The van der Waals surface area contributed by atoms with Crippen molar-refractivity contribution in [1.29, 1.82) is 5.26 Å². The highest BCUT2D eigenvalue weighted by molar-refractivity contribution is 5.89. The molecule has 158 valence electrons. The molecule has 0 radical (unpaired) electrons. The first-order chi connectivity index (χ1) is 15.0. The fourth-order valence-corrected chi connectivity index (χ4v) is 3.26. The molecule has 4 N–H and O–H groups in total. The molecule has 1 aromatic heterocycles. The third-order valence-electron chi connectivity index (χ3n) is 4.73. The van der Waals surface area contributed by atoms with E-state index in [1.54, 1.807) is 24.3 Å². The second-order valence-electron chi connectivity index (χ2n) is 6.81. The number of nitrogens with one attached hydrogen (secondary N) is 2. The van der Waals surface area contributed by atoms with Crippen molar-refractivity contribution in [3.8, 4) is 17.5 Å². The van der Waals surface area contributed by atoms with Crippen LogP contribution in [-0.2, 0) is 17.8 Å². The summed E-state index contributed by atoms with van der Waals surface area (Å²) in [6, 6.07) is 11.2. The fourth-order valence-electron chi connectivity index (χ4n) is 3.26. The van der Waals surface area contributed by atoms with Crippen LogP contribution in [0.5, 0.6) is 5.75 Å². The minimum absolute atomic E-state index is 0.123. The van der Waals surface area contributed by atoms with Crippen molar-refractivity contribution < 1.29 is 18.7 Å². The van der Waals surface area contributed by atoms with E-state index in [-0.39, 0.29) is 18.4 Å². The zero-order valence-corrected chi connectivity index (χ0v) is 16.4. The number of nitrogens with zero attached hydrogens (tertiary/aromatic N) is 3. The van der Waals surface area contributed by atoms with E-state index in [0.29, 0.717) is 53.4 Å². The summed E-state index contributed by atoms with van der Waals surface area (Å²) >= 11 is 0. The predicted molar refractivity (Wildman–Crippen MR) is 110 cm³/mol. The molecule has 0 spiro atoms. The van der Waals surface area contributed by atoms with Crippen molar-refractivity contribution in [2.45, 2.75) is 13.0 Å². The van der Waals surface area contributed by atoms with Gasteiger partial charge in [0.2, 0.25) is 0 Å². The maximum Gasteiger partial charge on any atom is 0.319 e. The quantitative estimate of drug-likeness (QED) is 0.580. The number of nitrogens with two attached hydrogens (primary N) is 1. The summed E-state index contributed by atoms with van der Waals surface area (Å²) in [5.41, 5.74) is 8.73. The number of aromatic nitrogens is 2. The Balaban J connectivity index is 1.33. The number of carbonyl (C=O) groups is 1. The number of anilines is 2. The number of hydrogen-bond acceptors (Lipinski definition) is 6. The summed E-state index contributed by atoms with van der Waals surface area (Å²) < 4.78 is 25.9. The molecule has 0 saturated carbocycles. The molecule has 10 heteroatoms. The van der Waals surface area contributed by atoms with Gasteiger partial charge in [-0.15, -0.1) is 0 Å². The van der Waals surface area contributed by atoms with Crippen LogP contribution in [-0.4, -0.2) is 29.1 Å². The van der Waals surface area contributed by atoms with Crippen LogP contribution >= 0.6 is 0 Å². The van der Waals surface area contributed by atoms with E-state index in [4.69, 9.17) is 20.5 Å².